The lowest BCUT2D eigenvalue weighted by atomic mass is 9.87. The van der Waals surface area contributed by atoms with E-state index in [1.165, 1.54) is 5.56 Å². The van der Waals surface area contributed by atoms with Crippen LogP contribution in [0, 0.1) is 19.3 Å². The predicted molar refractivity (Wildman–Crippen MR) is 108 cm³/mol. The molecular formula is C22H28ClNO2. The molecule has 3 nitrogen and oxygen atoms in total. The van der Waals surface area contributed by atoms with Gasteiger partial charge in [-0.25, -0.2) is 0 Å². The van der Waals surface area contributed by atoms with Crippen molar-refractivity contribution in [3.8, 4) is 5.75 Å². The number of carbonyl (C=O) groups is 1. The standard InChI is InChI=1S/C22H28ClNO2/c1-16-10-11-17(2)20(14-16)26-13-7-12-22(3,4)21(25)24-15-18-8-5-6-9-19(18)23/h5-6,8-11,14H,7,12-13,15H2,1-4H3,(H,24,25). The predicted octanol–water partition coefficient (Wildman–Crippen LogP) is 5.46. The van der Waals surface area contributed by atoms with Crippen LogP contribution in [-0.2, 0) is 11.3 Å². The molecule has 1 N–H and O–H groups in total. The third-order valence-electron chi connectivity index (χ3n) is 4.56. The molecule has 140 valence electrons. The lowest BCUT2D eigenvalue weighted by Crippen LogP contribution is -2.36. The third-order valence-corrected chi connectivity index (χ3v) is 4.93. The molecular weight excluding hydrogens is 346 g/mol. The summed E-state index contributed by atoms with van der Waals surface area (Å²) in [4.78, 5) is 12.5. The van der Waals surface area contributed by atoms with Gasteiger partial charge in [-0.1, -0.05) is 55.8 Å². The lowest BCUT2D eigenvalue weighted by molar-refractivity contribution is -0.129. The van der Waals surface area contributed by atoms with Crippen LogP contribution >= 0.6 is 11.6 Å². The van der Waals surface area contributed by atoms with Crippen molar-refractivity contribution in [3.63, 3.8) is 0 Å². The van der Waals surface area contributed by atoms with E-state index in [-0.39, 0.29) is 5.91 Å². The van der Waals surface area contributed by atoms with Crippen molar-refractivity contribution in [1.82, 2.24) is 5.32 Å². The van der Waals surface area contributed by atoms with Crippen molar-refractivity contribution in [2.24, 2.45) is 5.41 Å². The number of halogens is 1. The molecule has 1 amide bonds. The quantitative estimate of drug-likeness (QED) is 0.624. The number of hydrogen-bond acceptors (Lipinski definition) is 2. The zero-order valence-electron chi connectivity index (χ0n) is 16.1. The van der Waals surface area contributed by atoms with Crippen LogP contribution in [0.15, 0.2) is 42.5 Å². The van der Waals surface area contributed by atoms with Crippen LogP contribution in [0.5, 0.6) is 5.75 Å². The van der Waals surface area contributed by atoms with Gasteiger partial charge in [0.25, 0.3) is 0 Å². The van der Waals surface area contributed by atoms with Gasteiger partial charge in [-0.05, 0) is 55.5 Å². The summed E-state index contributed by atoms with van der Waals surface area (Å²) in [5.74, 6) is 0.954. The van der Waals surface area contributed by atoms with E-state index >= 15 is 0 Å². The summed E-state index contributed by atoms with van der Waals surface area (Å²) in [6.45, 7) is 9.08. The molecule has 0 spiro atoms. The monoisotopic (exact) mass is 373 g/mol. The molecule has 2 rings (SSSR count). The molecule has 0 aromatic heterocycles. The molecule has 0 aliphatic carbocycles. The van der Waals surface area contributed by atoms with Crippen molar-refractivity contribution in [2.75, 3.05) is 6.61 Å². The first kappa shape index (κ1) is 20.3. The topological polar surface area (TPSA) is 38.3 Å². The van der Waals surface area contributed by atoms with E-state index in [0.29, 0.717) is 18.2 Å². The Kier molecular flexibility index (Phi) is 7.10. The highest BCUT2D eigenvalue weighted by atomic mass is 35.5. The Balaban J connectivity index is 1.79. The van der Waals surface area contributed by atoms with Gasteiger partial charge in [0.2, 0.25) is 5.91 Å². The van der Waals surface area contributed by atoms with Gasteiger partial charge in [0.15, 0.2) is 0 Å². The number of benzene rings is 2. The first-order chi connectivity index (χ1) is 12.3. The summed E-state index contributed by atoms with van der Waals surface area (Å²) >= 11 is 6.14. The number of carbonyl (C=O) groups excluding carboxylic acids is 1. The highest BCUT2D eigenvalue weighted by Crippen LogP contribution is 2.25. The van der Waals surface area contributed by atoms with Crippen molar-refractivity contribution in [3.05, 3.63) is 64.2 Å². The minimum absolute atomic E-state index is 0.0316. The minimum Gasteiger partial charge on any atom is -0.493 e. The highest BCUT2D eigenvalue weighted by Gasteiger charge is 2.26. The SMILES string of the molecule is Cc1ccc(C)c(OCCCC(C)(C)C(=O)NCc2ccccc2Cl)c1. The fourth-order valence-electron chi connectivity index (χ4n) is 2.73. The fraction of sp³-hybridized carbons (Fsp3) is 0.409. The van der Waals surface area contributed by atoms with E-state index in [2.05, 4.69) is 30.4 Å². The van der Waals surface area contributed by atoms with E-state index in [4.69, 9.17) is 16.3 Å². The summed E-state index contributed by atoms with van der Waals surface area (Å²) in [5.41, 5.74) is 2.79. The number of hydrogen-bond donors (Lipinski definition) is 1. The molecule has 26 heavy (non-hydrogen) atoms. The lowest BCUT2D eigenvalue weighted by Gasteiger charge is -2.24. The van der Waals surface area contributed by atoms with Crippen LogP contribution in [0.1, 0.15) is 43.4 Å². The second kappa shape index (κ2) is 9.09. The zero-order valence-corrected chi connectivity index (χ0v) is 16.8. The molecule has 2 aromatic rings. The van der Waals surface area contributed by atoms with Gasteiger partial charge in [0.1, 0.15) is 5.75 Å². The van der Waals surface area contributed by atoms with E-state index in [0.717, 1.165) is 29.7 Å². The van der Waals surface area contributed by atoms with E-state index in [1.54, 1.807) is 0 Å². The van der Waals surface area contributed by atoms with Gasteiger partial charge < -0.3 is 10.1 Å². The first-order valence-electron chi connectivity index (χ1n) is 9.01. The molecule has 0 aliphatic heterocycles. The van der Waals surface area contributed by atoms with E-state index in [9.17, 15) is 4.79 Å². The highest BCUT2D eigenvalue weighted by molar-refractivity contribution is 6.31. The summed E-state index contributed by atoms with van der Waals surface area (Å²) in [6.07, 6.45) is 1.58. The maximum absolute atomic E-state index is 12.5. The maximum atomic E-state index is 12.5. The van der Waals surface area contributed by atoms with Gasteiger partial charge in [-0.2, -0.15) is 0 Å². The molecule has 0 atom stereocenters. The Morgan fingerprint density at radius 3 is 2.62 bits per heavy atom. The molecule has 0 aliphatic rings. The molecule has 2 aromatic carbocycles. The van der Waals surface area contributed by atoms with E-state index < -0.39 is 5.41 Å². The summed E-state index contributed by atoms with van der Waals surface area (Å²) in [5, 5.41) is 3.66. The second-order valence-corrected chi connectivity index (χ2v) is 7.79. The number of ether oxygens (including phenoxy) is 1. The molecule has 0 radical (unpaired) electrons. The Morgan fingerprint density at radius 1 is 1.15 bits per heavy atom. The Bertz CT molecular complexity index is 756. The summed E-state index contributed by atoms with van der Waals surface area (Å²) in [7, 11) is 0. The molecule has 0 saturated carbocycles. The minimum atomic E-state index is -0.452. The van der Waals surface area contributed by atoms with Crippen molar-refractivity contribution < 1.29 is 9.53 Å². The number of aryl methyl sites for hydroxylation is 2. The van der Waals surface area contributed by atoms with Gasteiger partial charge in [-0.15, -0.1) is 0 Å². The zero-order chi connectivity index (χ0) is 19.2. The summed E-state index contributed by atoms with van der Waals surface area (Å²) in [6, 6.07) is 13.8. The average molecular weight is 374 g/mol. The Morgan fingerprint density at radius 2 is 1.88 bits per heavy atom. The second-order valence-electron chi connectivity index (χ2n) is 7.38. The van der Waals surface area contributed by atoms with Crippen molar-refractivity contribution >= 4 is 17.5 Å². The van der Waals surface area contributed by atoms with Crippen LogP contribution in [0.2, 0.25) is 5.02 Å². The van der Waals surface area contributed by atoms with Gasteiger partial charge >= 0.3 is 0 Å². The largest absolute Gasteiger partial charge is 0.493 e. The number of amides is 1. The van der Waals surface area contributed by atoms with Gasteiger partial charge in [-0.3, -0.25) is 4.79 Å². The number of rotatable bonds is 8. The molecule has 4 heteroatoms. The van der Waals surface area contributed by atoms with Crippen molar-refractivity contribution in [2.45, 2.75) is 47.1 Å². The van der Waals surface area contributed by atoms with Crippen LogP contribution in [0.3, 0.4) is 0 Å². The Hall–Kier alpha value is -2.00. The van der Waals surface area contributed by atoms with E-state index in [1.807, 2.05) is 45.0 Å². The van der Waals surface area contributed by atoms with Gasteiger partial charge in [0, 0.05) is 17.0 Å². The third kappa shape index (κ3) is 5.77. The van der Waals surface area contributed by atoms with Crippen LogP contribution in [-0.4, -0.2) is 12.5 Å². The molecule has 0 saturated heterocycles. The molecule has 0 fully saturated rings. The number of nitrogens with one attached hydrogen (secondary N) is 1. The van der Waals surface area contributed by atoms with Crippen LogP contribution in [0.4, 0.5) is 0 Å². The van der Waals surface area contributed by atoms with Gasteiger partial charge in [0.05, 0.1) is 6.61 Å². The Labute approximate surface area is 161 Å². The van der Waals surface area contributed by atoms with Crippen molar-refractivity contribution in [1.29, 1.82) is 0 Å². The molecule has 0 unspecified atom stereocenters. The average Bonchev–Trinajstić information content (AvgIpc) is 2.60. The maximum Gasteiger partial charge on any atom is 0.225 e. The molecule has 0 bridgehead atoms. The molecule has 0 heterocycles. The summed E-state index contributed by atoms with van der Waals surface area (Å²) < 4.78 is 5.89. The van der Waals surface area contributed by atoms with Crippen LogP contribution in [0.25, 0.3) is 0 Å². The smallest absolute Gasteiger partial charge is 0.225 e. The first-order valence-corrected chi connectivity index (χ1v) is 9.39. The fourth-order valence-corrected chi connectivity index (χ4v) is 2.93. The van der Waals surface area contributed by atoms with Crippen LogP contribution < -0.4 is 10.1 Å². The normalized spacial score (nSPS) is 11.3.